The van der Waals surface area contributed by atoms with Crippen LogP contribution < -0.4 is 35.6 Å². The number of anilines is 2. The molecule has 9 rings (SSSR count). The Morgan fingerprint density at radius 3 is 2.39 bits per heavy atom. The third-order valence-electron chi connectivity index (χ3n) is 17.0. The van der Waals surface area contributed by atoms with Gasteiger partial charge in [0.2, 0.25) is 11.9 Å². The van der Waals surface area contributed by atoms with Gasteiger partial charge in [0, 0.05) is 148 Å². The summed E-state index contributed by atoms with van der Waals surface area (Å²) >= 11 is 0. The Balaban J connectivity index is 0.791. The first kappa shape index (κ1) is 52.3. The molecule has 5 heterocycles. The fraction of sp³-hybridized carbons (Fsp3) is 0.554. The Labute approximate surface area is 434 Å². The van der Waals surface area contributed by atoms with Gasteiger partial charge in [0.15, 0.2) is 0 Å². The number of likely N-dealkylation sites (tertiary alicyclic amines) is 1. The number of amides is 2. The molecule has 1 atom stereocenters. The van der Waals surface area contributed by atoms with Gasteiger partial charge in [-0.25, -0.2) is 18.7 Å². The average Bonchev–Trinajstić information content (AvgIpc) is 4.18. The summed E-state index contributed by atoms with van der Waals surface area (Å²) in [6, 6.07) is 10.6. The van der Waals surface area contributed by atoms with Crippen LogP contribution in [-0.4, -0.2) is 128 Å². The SMILES string of the molecule is CN=C/C(=C\N)c1cc2c(cc1C(F)F)N(C(=N)C1=C(NC3CCN(CC4CCN(c5ncc(C(=O)NC6C(C)(C)C(Oc7ccc(C#N)c(OC)c7)C6(C)C)cn5)CC45CC5)CC3)CCN(C(C)=O)C1)CCC2. The number of benzene rings is 2. The summed E-state index contributed by atoms with van der Waals surface area (Å²) in [5.74, 6) is 2.23. The number of ether oxygens (including phenoxy) is 2. The number of methoxy groups -OCH3 is 1. The molecule has 2 aliphatic carbocycles. The average molecular weight is 1020 g/mol. The summed E-state index contributed by atoms with van der Waals surface area (Å²) < 4.78 is 41.2. The van der Waals surface area contributed by atoms with Gasteiger partial charge in [-0.2, -0.15) is 5.26 Å². The van der Waals surface area contributed by atoms with Gasteiger partial charge in [0.25, 0.3) is 12.3 Å². The van der Waals surface area contributed by atoms with Gasteiger partial charge in [-0.3, -0.25) is 20.0 Å². The molecule has 4 aliphatic heterocycles. The lowest BCUT2D eigenvalue weighted by Gasteiger charge is -2.63. The van der Waals surface area contributed by atoms with Crippen molar-refractivity contribution < 1.29 is 27.8 Å². The van der Waals surface area contributed by atoms with E-state index in [1.54, 1.807) is 55.5 Å². The van der Waals surface area contributed by atoms with E-state index in [4.69, 9.17) is 25.2 Å². The monoisotopic (exact) mass is 1010 g/mol. The zero-order valence-corrected chi connectivity index (χ0v) is 43.9. The number of nitrogens with two attached hydrogens (primary N) is 1. The Morgan fingerprint density at radius 2 is 1.76 bits per heavy atom. The number of carbonyl (C=O) groups is 2. The number of alkyl halides is 2. The van der Waals surface area contributed by atoms with E-state index in [0.29, 0.717) is 77.2 Å². The highest BCUT2D eigenvalue weighted by molar-refractivity contribution is 6.12. The van der Waals surface area contributed by atoms with E-state index in [1.807, 2.05) is 4.90 Å². The van der Waals surface area contributed by atoms with E-state index in [-0.39, 0.29) is 53.4 Å². The molecule has 74 heavy (non-hydrogen) atoms. The first-order chi connectivity index (χ1) is 35.4. The summed E-state index contributed by atoms with van der Waals surface area (Å²) in [7, 11) is 3.11. The number of halogens is 2. The lowest BCUT2D eigenvalue weighted by molar-refractivity contribution is -0.164. The third-order valence-corrected chi connectivity index (χ3v) is 17.0. The van der Waals surface area contributed by atoms with Gasteiger partial charge >= 0.3 is 0 Å². The Morgan fingerprint density at radius 1 is 1.03 bits per heavy atom. The van der Waals surface area contributed by atoms with Crippen LogP contribution in [0.3, 0.4) is 0 Å². The number of nitriles is 1. The zero-order chi connectivity index (χ0) is 52.7. The minimum Gasteiger partial charge on any atom is -0.495 e. The highest BCUT2D eigenvalue weighted by atomic mass is 19.3. The molecule has 4 fully saturated rings. The van der Waals surface area contributed by atoms with Gasteiger partial charge < -0.3 is 45.4 Å². The molecular weight excluding hydrogens is 943 g/mol. The summed E-state index contributed by atoms with van der Waals surface area (Å²) in [6.45, 7) is 15.9. The standard InChI is InChI=1S/C56H72F2N12O4/c1-34(71)68-22-15-45(44(32-68)49(61)70-18-8-9-35-23-42(37(27-60)28-62-6)43(48(57)58)25-46(35)70)65-40-13-19-67(20-14-40)31-39-12-21-69(33-56(39)16-17-56)53-63-29-38(30-64-53)50(72)66-51-54(2,3)52(55(51,4)5)74-41-11-10-36(26-59)47(24-41)73-7/h10-11,23-25,27-30,39-40,48,51-52,61,65H,8-9,12-22,31-33,60H2,1-7H3,(H,66,72)/b37-27+,61-49?,62-28?. The number of piperidine rings is 2. The predicted octanol–water partition coefficient (Wildman–Crippen LogP) is 7.50. The molecule has 2 aromatic carbocycles. The number of hydrogen-bond acceptors (Lipinski definition) is 13. The van der Waals surface area contributed by atoms with E-state index in [0.717, 1.165) is 75.2 Å². The number of aliphatic imine (C=N–C) groups is 1. The molecule has 1 spiro atoms. The highest BCUT2D eigenvalue weighted by Gasteiger charge is 2.64. The predicted molar refractivity (Wildman–Crippen MR) is 283 cm³/mol. The number of allylic oxidation sites excluding steroid dienone is 1. The van der Waals surface area contributed by atoms with Crippen LogP contribution in [0.4, 0.5) is 20.4 Å². The fourth-order valence-corrected chi connectivity index (χ4v) is 13.0. The number of aryl methyl sites for hydroxylation is 1. The maximum absolute atomic E-state index is 14.6. The number of aromatic nitrogens is 2. The van der Waals surface area contributed by atoms with Crippen molar-refractivity contribution in [1.82, 2.24) is 30.4 Å². The zero-order valence-electron chi connectivity index (χ0n) is 43.9. The molecule has 0 bridgehead atoms. The molecule has 3 aromatic rings. The van der Waals surface area contributed by atoms with Crippen molar-refractivity contribution >= 4 is 41.1 Å². The highest BCUT2D eigenvalue weighted by Crippen LogP contribution is 2.57. The summed E-state index contributed by atoms with van der Waals surface area (Å²) in [4.78, 5) is 48.4. The molecule has 5 N–H and O–H groups in total. The van der Waals surface area contributed by atoms with Gasteiger partial charge in [0.1, 0.15) is 29.5 Å². The number of carbonyl (C=O) groups excluding carboxylic acids is 2. The lowest BCUT2D eigenvalue weighted by Crippen LogP contribution is -2.74. The molecule has 394 valence electrons. The van der Waals surface area contributed by atoms with Crippen LogP contribution in [0.1, 0.15) is 119 Å². The largest absolute Gasteiger partial charge is 0.495 e. The molecule has 2 saturated carbocycles. The third kappa shape index (κ3) is 10.2. The number of rotatable bonds is 14. The van der Waals surface area contributed by atoms with Gasteiger partial charge in [-0.15, -0.1) is 0 Å². The number of amidine groups is 1. The molecular formula is C56H72F2N12O4. The van der Waals surface area contributed by atoms with Crippen molar-refractivity contribution in [1.29, 1.82) is 10.7 Å². The number of nitrogens with zero attached hydrogens (tertiary/aromatic N) is 8. The van der Waals surface area contributed by atoms with Crippen LogP contribution in [0.5, 0.6) is 11.5 Å². The number of hydrogen-bond donors (Lipinski definition) is 4. The van der Waals surface area contributed by atoms with E-state index in [2.05, 4.69) is 59.2 Å². The van der Waals surface area contributed by atoms with Crippen molar-refractivity contribution in [3.05, 3.63) is 88.0 Å². The second-order valence-electron chi connectivity index (χ2n) is 22.4. The van der Waals surface area contributed by atoms with E-state index >= 15 is 0 Å². The molecule has 18 heteroatoms. The van der Waals surface area contributed by atoms with E-state index < -0.39 is 17.3 Å². The maximum atomic E-state index is 14.6. The minimum atomic E-state index is -2.76. The van der Waals surface area contributed by atoms with Crippen molar-refractivity contribution in [2.75, 3.05) is 76.3 Å². The van der Waals surface area contributed by atoms with Crippen molar-refractivity contribution in [2.45, 2.75) is 111 Å². The number of fused-ring (bicyclic) bond motifs is 1. The Kier molecular flexibility index (Phi) is 14.8. The molecule has 1 aromatic heterocycles. The second-order valence-corrected chi connectivity index (χ2v) is 22.4. The molecule has 0 radical (unpaired) electrons. The van der Waals surface area contributed by atoms with Crippen LogP contribution in [0.15, 0.2) is 65.2 Å². The minimum absolute atomic E-state index is 0.0567. The molecule has 2 amide bonds. The topological polar surface area (TPSA) is 201 Å². The van der Waals surface area contributed by atoms with Crippen LogP contribution in [-0.2, 0) is 11.2 Å². The lowest BCUT2D eigenvalue weighted by atomic mass is 9.49. The molecule has 16 nitrogen and oxygen atoms in total. The Bertz CT molecular complexity index is 2760. The first-order valence-electron chi connectivity index (χ1n) is 26.2. The molecule has 2 saturated heterocycles. The van der Waals surface area contributed by atoms with E-state index in [1.165, 1.54) is 38.4 Å². The maximum Gasteiger partial charge on any atom is 0.264 e. The summed E-state index contributed by atoms with van der Waals surface area (Å²) in [5, 5.41) is 26.1. The van der Waals surface area contributed by atoms with Gasteiger partial charge in [-0.1, -0.05) is 27.7 Å². The van der Waals surface area contributed by atoms with Crippen molar-refractivity contribution in [3.63, 3.8) is 0 Å². The summed E-state index contributed by atoms with van der Waals surface area (Å²) in [6.07, 6.45) is 10.4. The van der Waals surface area contributed by atoms with Crippen molar-refractivity contribution in [3.8, 4) is 17.6 Å². The van der Waals surface area contributed by atoms with Gasteiger partial charge in [0.05, 0.1) is 24.8 Å². The smallest absolute Gasteiger partial charge is 0.264 e. The quantitative estimate of drug-likeness (QED) is 0.0917. The Hall–Kier alpha value is -6.61. The number of nitrogens with one attached hydrogen (secondary N) is 3. The molecule has 6 aliphatic rings. The normalized spacial score (nSPS) is 23.6. The molecule has 1 unspecified atom stereocenters. The van der Waals surface area contributed by atoms with Crippen molar-refractivity contribution in [2.24, 2.45) is 32.9 Å². The van der Waals surface area contributed by atoms with Crippen LogP contribution >= 0.6 is 0 Å². The van der Waals surface area contributed by atoms with Crippen LogP contribution in [0.2, 0.25) is 0 Å². The van der Waals surface area contributed by atoms with Gasteiger partial charge in [-0.05, 0) is 91.7 Å². The van der Waals surface area contributed by atoms with Crippen LogP contribution in [0, 0.1) is 38.9 Å². The fourth-order valence-electron chi connectivity index (χ4n) is 13.0. The second kappa shape index (κ2) is 21.0. The van der Waals surface area contributed by atoms with E-state index in [9.17, 15) is 29.0 Å². The summed E-state index contributed by atoms with van der Waals surface area (Å²) in [5.41, 5.74) is 9.91. The first-order valence-corrected chi connectivity index (χ1v) is 26.2. The van der Waals surface area contributed by atoms with Crippen LogP contribution in [0.25, 0.3) is 5.57 Å².